The molecule has 0 aliphatic heterocycles. The van der Waals surface area contributed by atoms with Crippen LogP contribution in [0, 0.1) is 12.3 Å². The Hall–Kier alpha value is -5.85. The van der Waals surface area contributed by atoms with Gasteiger partial charge in [0.05, 0.1) is 11.9 Å². The van der Waals surface area contributed by atoms with E-state index in [0.717, 1.165) is 0 Å². The summed E-state index contributed by atoms with van der Waals surface area (Å²) in [5.41, 5.74) is 7.09. The second-order valence-electron chi connectivity index (χ2n) is 9.70. The number of carboxylic acid groups (broad SMARTS) is 3. The number of H-pyrrole nitrogens is 2. The quantitative estimate of drug-likeness (QED) is 0.0991. The molecule has 16 heteroatoms. The minimum Gasteiger partial charge on any atom is -0.481 e. The fraction of sp³-hybridized carbons (Fsp3) is 0.321. The number of anilines is 2. The molecule has 9 N–H and O–H groups in total. The molecule has 44 heavy (non-hydrogen) atoms. The Balaban J connectivity index is 1.61. The van der Waals surface area contributed by atoms with E-state index in [1.807, 2.05) is 4.90 Å². The van der Waals surface area contributed by atoms with Crippen LogP contribution in [0.1, 0.15) is 41.6 Å². The molecule has 2 atom stereocenters. The number of carbonyl (C=O) groups is 5. The van der Waals surface area contributed by atoms with Gasteiger partial charge in [0.25, 0.3) is 11.5 Å². The number of nitrogen functional groups attached to an aromatic ring is 1. The van der Waals surface area contributed by atoms with Crippen molar-refractivity contribution >= 4 is 52.4 Å². The van der Waals surface area contributed by atoms with Gasteiger partial charge in [0, 0.05) is 36.8 Å². The lowest BCUT2D eigenvalue weighted by molar-refractivity contribution is -0.143. The van der Waals surface area contributed by atoms with Crippen LogP contribution in [-0.2, 0) is 25.6 Å². The third kappa shape index (κ3) is 8.82. The molecule has 16 nitrogen and oxygen atoms in total. The van der Waals surface area contributed by atoms with Gasteiger partial charge in [-0.1, -0.05) is 5.92 Å². The number of carboxylic acids is 3. The minimum absolute atomic E-state index is 0.00648. The van der Waals surface area contributed by atoms with Gasteiger partial charge in [-0.25, -0.2) is 9.59 Å². The number of fused-ring (bicyclic) bond motifs is 1. The highest BCUT2D eigenvalue weighted by atomic mass is 16.4. The summed E-state index contributed by atoms with van der Waals surface area (Å²) in [6.45, 7) is 0.631. The van der Waals surface area contributed by atoms with Gasteiger partial charge in [-0.3, -0.25) is 24.2 Å². The fourth-order valence-electron chi connectivity index (χ4n) is 4.37. The molecule has 2 aromatic heterocycles. The molecule has 0 saturated carbocycles. The molecular weight excluding hydrogens is 578 g/mol. The van der Waals surface area contributed by atoms with Gasteiger partial charge >= 0.3 is 17.9 Å². The lowest BCUT2D eigenvalue weighted by Crippen LogP contribution is -2.44. The molecular formula is C28H31N7O9. The van der Waals surface area contributed by atoms with Crippen LogP contribution in [0.25, 0.3) is 11.0 Å². The lowest BCUT2D eigenvalue weighted by atomic mass is 10.1. The number of amides is 2. The number of carbonyl (C=O) groups excluding carboxylic acids is 2. The van der Waals surface area contributed by atoms with E-state index in [1.165, 1.54) is 12.1 Å². The van der Waals surface area contributed by atoms with E-state index in [2.05, 4.69) is 31.5 Å². The zero-order valence-corrected chi connectivity index (χ0v) is 23.3. The van der Waals surface area contributed by atoms with Crippen LogP contribution in [-0.4, -0.2) is 85.2 Å². The van der Waals surface area contributed by atoms with Crippen LogP contribution >= 0.6 is 0 Å². The third-order valence-electron chi connectivity index (χ3n) is 6.61. The predicted octanol–water partition coefficient (Wildman–Crippen LogP) is -0.0869. The summed E-state index contributed by atoms with van der Waals surface area (Å²) in [6, 6.07) is 3.29. The van der Waals surface area contributed by atoms with Gasteiger partial charge in [-0.15, -0.1) is 6.42 Å². The molecule has 3 aromatic rings. The van der Waals surface area contributed by atoms with Crippen molar-refractivity contribution in [2.75, 3.05) is 23.7 Å². The molecule has 0 saturated heterocycles. The first-order chi connectivity index (χ1) is 20.9. The Labute approximate surface area is 249 Å². The maximum Gasteiger partial charge on any atom is 0.326 e. The van der Waals surface area contributed by atoms with Crippen LogP contribution in [0.4, 0.5) is 11.6 Å². The number of hydrogen-bond donors (Lipinski definition) is 8. The van der Waals surface area contributed by atoms with Gasteiger partial charge in [0.2, 0.25) is 11.9 Å². The summed E-state index contributed by atoms with van der Waals surface area (Å²) in [4.78, 5) is 82.3. The Kier molecular flexibility index (Phi) is 11.0. The maximum atomic E-state index is 12.8. The molecule has 2 heterocycles. The molecule has 0 fully saturated rings. The standard InChI is InChI=1S/C28H31N7O9/c1-2-12-35(13-11-16-14-30-23-22(16)25(40)34-28(29)33-23)17-5-3-15(4-6-17)24(39)32-19(27(43)44)7-9-20(36)31-18(26(41)42)8-10-21(37)38/h1,3-6,14,18-19H,7-13H2,(H,31,36)(H,32,39)(H,37,38)(H,41,42)(H,43,44)(H4,29,30,33,34,40)/t18-,19-/m0/s1. The van der Waals surface area contributed by atoms with Gasteiger partial charge < -0.3 is 41.6 Å². The fourth-order valence-corrected chi connectivity index (χ4v) is 4.37. The molecule has 0 aliphatic rings. The second-order valence-corrected chi connectivity index (χ2v) is 9.70. The lowest BCUT2D eigenvalue weighted by Gasteiger charge is -2.22. The van der Waals surface area contributed by atoms with Crippen molar-refractivity contribution in [1.82, 2.24) is 25.6 Å². The number of aromatic amines is 2. The van der Waals surface area contributed by atoms with E-state index in [4.69, 9.17) is 22.4 Å². The summed E-state index contributed by atoms with van der Waals surface area (Å²) in [7, 11) is 0. The van der Waals surface area contributed by atoms with Crippen LogP contribution in [0.5, 0.6) is 0 Å². The zero-order valence-electron chi connectivity index (χ0n) is 23.3. The monoisotopic (exact) mass is 609 g/mol. The summed E-state index contributed by atoms with van der Waals surface area (Å²) in [6.07, 6.45) is 6.04. The average molecular weight is 610 g/mol. The van der Waals surface area contributed by atoms with E-state index in [9.17, 15) is 33.9 Å². The van der Waals surface area contributed by atoms with E-state index in [0.29, 0.717) is 35.2 Å². The Morgan fingerprint density at radius 3 is 2.25 bits per heavy atom. The Bertz CT molecular complexity index is 1640. The SMILES string of the molecule is C#CCN(CCc1c[nH]c2nc(N)[nH]c(=O)c12)c1ccc(C(=O)N[C@@H](CCC(=O)N[C@@H](CCC(=O)O)C(=O)O)C(=O)O)cc1. The molecule has 0 spiro atoms. The summed E-state index contributed by atoms with van der Waals surface area (Å²) in [5, 5.41) is 32.3. The number of aliphatic carboxylic acids is 3. The van der Waals surface area contributed by atoms with Crippen molar-refractivity contribution in [3.63, 3.8) is 0 Å². The Morgan fingerprint density at radius 1 is 1.00 bits per heavy atom. The highest BCUT2D eigenvalue weighted by Gasteiger charge is 2.25. The minimum atomic E-state index is -1.46. The third-order valence-corrected chi connectivity index (χ3v) is 6.61. The van der Waals surface area contributed by atoms with Gasteiger partial charge in [-0.2, -0.15) is 4.98 Å². The molecule has 232 valence electrons. The summed E-state index contributed by atoms with van der Waals surface area (Å²) >= 11 is 0. The van der Waals surface area contributed by atoms with E-state index in [-0.39, 0.29) is 36.5 Å². The van der Waals surface area contributed by atoms with E-state index in [1.54, 1.807) is 18.3 Å². The van der Waals surface area contributed by atoms with Crippen LogP contribution < -0.4 is 26.8 Å². The first-order valence-corrected chi connectivity index (χ1v) is 13.3. The van der Waals surface area contributed by atoms with Crippen molar-refractivity contribution < 1.29 is 39.3 Å². The van der Waals surface area contributed by atoms with Crippen molar-refractivity contribution in [2.24, 2.45) is 0 Å². The first kappa shape index (κ1) is 32.7. The number of hydrogen-bond acceptors (Lipinski definition) is 9. The van der Waals surface area contributed by atoms with Crippen molar-refractivity contribution in [1.29, 1.82) is 0 Å². The van der Waals surface area contributed by atoms with Crippen molar-refractivity contribution in [3.05, 3.63) is 51.9 Å². The first-order valence-electron chi connectivity index (χ1n) is 13.3. The van der Waals surface area contributed by atoms with Gasteiger partial charge in [0.15, 0.2) is 0 Å². The number of aromatic nitrogens is 3. The predicted molar refractivity (Wildman–Crippen MR) is 157 cm³/mol. The maximum absolute atomic E-state index is 12.8. The van der Waals surface area contributed by atoms with E-state index < -0.39 is 54.6 Å². The number of terminal acetylenes is 1. The molecule has 0 radical (unpaired) electrons. The normalized spacial score (nSPS) is 12.1. The molecule has 3 rings (SSSR count). The molecule has 2 amide bonds. The van der Waals surface area contributed by atoms with Crippen LogP contribution in [0.15, 0.2) is 35.3 Å². The number of nitrogens with zero attached hydrogens (tertiary/aromatic N) is 2. The number of nitrogens with two attached hydrogens (primary N) is 1. The number of benzene rings is 1. The zero-order chi connectivity index (χ0) is 32.4. The highest BCUT2D eigenvalue weighted by Crippen LogP contribution is 2.19. The second kappa shape index (κ2) is 14.9. The van der Waals surface area contributed by atoms with E-state index >= 15 is 0 Å². The topological polar surface area (TPSA) is 261 Å². The highest BCUT2D eigenvalue weighted by molar-refractivity contribution is 5.97. The molecule has 0 aliphatic carbocycles. The van der Waals surface area contributed by atoms with Crippen LogP contribution in [0.2, 0.25) is 0 Å². The molecule has 0 bridgehead atoms. The van der Waals surface area contributed by atoms with Gasteiger partial charge in [0.1, 0.15) is 17.7 Å². The van der Waals surface area contributed by atoms with Crippen LogP contribution in [0.3, 0.4) is 0 Å². The van der Waals surface area contributed by atoms with Gasteiger partial charge in [-0.05, 0) is 49.1 Å². The van der Waals surface area contributed by atoms with Crippen molar-refractivity contribution in [3.8, 4) is 12.3 Å². The Morgan fingerprint density at radius 2 is 1.64 bits per heavy atom. The summed E-state index contributed by atoms with van der Waals surface area (Å²) in [5.74, 6) is -3.03. The smallest absolute Gasteiger partial charge is 0.326 e. The summed E-state index contributed by atoms with van der Waals surface area (Å²) < 4.78 is 0. The largest absolute Gasteiger partial charge is 0.481 e. The number of rotatable bonds is 16. The molecule has 0 unspecified atom stereocenters. The molecule has 1 aromatic carbocycles. The average Bonchev–Trinajstić information content (AvgIpc) is 3.38. The number of nitrogens with one attached hydrogen (secondary N) is 4. The van der Waals surface area contributed by atoms with Crippen molar-refractivity contribution in [2.45, 2.75) is 44.2 Å².